The van der Waals surface area contributed by atoms with Crippen LogP contribution in [0.25, 0.3) is 16.0 Å². The van der Waals surface area contributed by atoms with Crippen LogP contribution >= 0.6 is 11.3 Å². The van der Waals surface area contributed by atoms with E-state index in [0.717, 1.165) is 16.0 Å². The fourth-order valence-corrected chi connectivity index (χ4v) is 6.21. The van der Waals surface area contributed by atoms with Gasteiger partial charge in [-0.3, -0.25) is 14.5 Å². The van der Waals surface area contributed by atoms with Crippen LogP contribution in [-0.2, 0) is 16.0 Å². The monoisotopic (exact) mass is 558 g/mol. The van der Waals surface area contributed by atoms with Crippen LogP contribution in [-0.4, -0.2) is 46.7 Å². The van der Waals surface area contributed by atoms with Crippen LogP contribution in [0.1, 0.15) is 36.6 Å². The summed E-state index contributed by atoms with van der Waals surface area (Å²) in [4.78, 5) is 33.1. The van der Waals surface area contributed by atoms with Crippen LogP contribution in [0, 0.1) is 0 Å². The number of nitrogens with zero attached hydrogens (tertiary/aromatic N) is 2. The molecule has 10 heteroatoms. The first kappa shape index (κ1) is 25.7. The van der Waals surface area contributed by atoms with Crippen molar-refractivity contribution in [2.75, 3.05) is 18.6 Å². The van der Waals surface area contributed by atoms with E-state index in [4.69, 9.17) is 14.2 Å². The van der Waals surface area contributed by atoms with Crippen LogP contribution in [0.15, 0.2) is 60.2 Å². The smallest absolute Gasteiger partial charge is 0.301 e. The SMILES string of the molecule is CCOc1ccc2nc(N3C(=O)C(=O)/C(=C(/O)c4ccc5c(c4)C[C@H](C)O5)[C@H]3c3ccc(O)c(OC)c3)sc2c1. The Bertz CT molecular complexity index is 1710. The Kier molecular flexibility index (Phi) is 6.34. The van der Waals surface area contributed by atoms with Gasteiger partial charge in [-0.2, -0.15) is 0 Å². The summed E-state index contributed by atoms with van der Waals surface area (Å²) >= 11 is 1.24. The highest BCUT2D eigenvalue weighted by Gasteiger charge is 2.48. The summed E-state index contributed by atoms with van der Waals surface area (Å²) in [6, 6.07) is 14.2. The lowest BCUT2D eigenvalue weighted by Crippen LogP contribution is -2.29. The van der Waals surface area contributed by atoms with E-state index in [2.05, 4.69) is 4.98 Å². The number of ketones is 1. The van der Waals surface area contributed by atoms with E-state index >= 15 is 0 Å². The van der Waals surface area contributed by atoms with Gasteiger partial charge in [0.1, 0.15) is 23.4 Å². The number of phenols is 1. The average molecular weight is 559 g/mol. The number of carbonyl (C=O) groups is 2. The van der Waals surface area contributed by atoms with E-state index in [0.29, 0.717) is 35.4 Å². The lowest BCUT2D eigenvalue weighted by Gasteiger charge is -2.23. The number of rotatable bonds is 6. The maximum Gasteiger partial charge on any atom is 0.301 e. The third kappa shape index (κ3) is 4.21. The van der Waals surface area contributed by atoms with Crippen LogP contribution in [0.5, 0.6) is 23.0 Å². The second-order valence-corrected chi connectivity index (χ2v) is 10.6. The fourth-order valence-electron chi connectivity index (χ4n) is 5.19. The molecule has 2 aliphatic rings. The highest BCUT2D eigenvalue weighted by molar-refractivity contribution is 7.22. The number of aromatic hydroxyl groups is 1. The number of Topliss-reactive ketones (excluding diaryl/α,β-unsaturated/α-hetero) is 1. The molecule has 0 saturated carbocycles. The number of aliphatic hydroxyl groups excluding tert-OH is 1. The molecule has 40 heavy (non-hydrogen) atoms. The van der Waals surface area contributed by atoms with E-state index in [1.807, 2.05) is 19.9 Å². The largest absolute Gasteiger partial charge is 0.507 e. The standard InChI is InChI=1S/C30H26N2O7S/c1-4-38-19-7-8-20-24(14-19)40-30(31-20)32-26(16-5-9-21(33)23(13-16)37-3)25(28(35)29(32)36)27(34)17-6-10-22-18(12-17)11-15(2)39-22/h5-10,12-15,26,33-34H,4,11H2,1-3H3/b27-25+/t15-,26+/m0/s1. The molecule has 3 heterocycles. The summed E-state index contributed by atoms with van der Waals surface area (Å²) < 4.78 is 17.5. The van der Waals surface area contributed by atoms with Crippen molar-refractivity contribution in [1.29, 1.82) is 0 Å². The van der Waals surface area contributed by atoms with Gasteiger partial charge >= 0.3 is 5.91 Å². The number of hydrogen-bond acceptors (Lipinski definition) is 9. The maximum absolute atomic E-state index is 13.6. The Morgan fingerprint density at radius 1 is 1.15 bits per heavy atom. The van der Waals surface area contributed by atoms with Crippen molar-refractivity contribution in [3.63, 3.8) is 0 Å². The predicted molar refractivity (Wildman–Crippen MR) is 150 cm³/mol. The summed E-state index contributed by atoms with van der Waals surface area (Å²) in [6.45, 7) is 4.35. The molecule has 0 radical (unpaired) electrons. The summed E-state index contributed by atoms with van der Waals surface area (Å²) in [7, 11) is 1.41. The molecule has 3 aromatic carbocycles. The minimum absolute atomic E-state index is 0.00437. The number of ether oxygens (including phenoxy) is 3. The highest BCUT2D eigenvalue weighted by atomic mass is 32.1. The number of methoxy groups -OCH3 is 1. The molecule has 2 aliphatic heterocycles. The predicted octanol–water partition coefficient (Wildman–Crippen LogP) is 5.36. The van der Waals surface area contributed by atoms with Gasteiger partial charge in [0, 0.05) is 12.0 Å². The zero-order valence-electron chi connectivity index (χ0n) is 22.0. The van der Waals surface area contributed by atoms with Gasteiger partial charge in [-0.05, 0) is 73.5 Å². The van der Waals surface area contributed by atoms with Crippen molar-refractivity contribution >= 4 is 44.1 Å². The molecule has 0 aliphatic carbocycles. The van der Waals surface area contributed by atoms with Crippen molar-refractivity contribution < 1.29 is 34.0 Å². The summed E-state index contributed by atoms with van der Waals surface area (Å²) in [5, 5.41) is 22.1. The quantitative estimate of drug-likeness (QED) is 0.185. The number of carbonyl (C=O) groups excluding carboxylic acids is 2. The number of aromatic nitrogens is 1. The zero-order chi connectivity index (χ0) is 28.1. The Morgan fingerprint density at radius 2 is 1.98 bits per heavy atom. The molecule has 1 saturated heterocycles. The van der Waals surface area contributed by atoms with Crippen molar-refractivity contribution in [1.82, 2.24) is 4.98 Å². The van der Waals surface area contributed by atoms with Crippen molar-refractivity contribution in [3.8, 4) is 23.0 Å². The van der Waals surface area contributed by atoms with Crippen molar-refractivity contribution in [2.24, 2.45) is 0 Å². The third-order valence-electron chi connectivity index (χ3n) is 7.00. The number of benzene rings is 3. The van der Waals surface area contributed by atoms with Gasteiger partial charge in [0.25, 0.3) is 5.78 Å². The average Bonchev–Trinajstić information content (AvgIpc) is 3.60. The minimum atomic E-state index is -1.02. The molecule has 2 atom stereocenters. The first-order chi connectivity index (χ1) is 19.3. The Morgan fingerprint density at radius 3 is 2.75 bits per heavy atom. The van der Waals surface area contributed by atoms with E-state index in [1.165, 1.54) is 29.4 Å². The molecule has 4 aromatic rings. The number of aliphatic hydroxyl groups is 1. The summed E-state index contributed by atoms with van der Waals surface area (Å²) in [5.41, 5.74) is 2.32. The van der Waals surface area contributed by atoms with E-state index < -0.39 is 17.7 Å². The van der Waals surface area contributed by atoms with Crippen LogP contribution in [0.3, 0.4) is 0 Å². The molecule has 0 spiro atoms. The molecular formula is C30H26N2O7S. The van der Waals surface area contributed by atoms with Crippen molar-refractivity contribution in [2.45, 2.75) is 32.4 Å². The normalized spacial score (nSPS) is 19.6. The molecule has 1 aromatic heterocycles. The number of phenolic OH excluding ortho intramolecular Hbond substituents is 1. The molecule has 2 N–H and O–H groups in total. The Hall–Kier alpha value is -4.57. The maximum atomic E-state index is 13.6. The topological polar surface area (TPSA) is 118 Å². The lowest BCUT2D eigenvalue weighted by molar-refractivity contribution is -0.132. The van der Waals surface area contributed by atoms with Crippen molar-refractivity contribution in [3.05, 3.63) is 76.9 Å². The van der Waals surface area contributed by atoms with Crippen LogP contribution in [0.2, 0.25) is 0 Å². The minimum Gasteiger partial charge on any atom is -0.507 e. The fraction of sp³-hybridized carbons (Fsp3) is 0.233. The van der Waals surface area contributed by atoms with Gasteiger partial charge in [0.15, 0.2) is 16.6 Å². The highest BCUT2D eigenvalue weighted by Crippen LogP contribution is 2.46. The zero-order valence-corrected chi connectivity index (χ0v) is 22.8. The van der Waals surface area contributed by atoms with E-state index in [9.17, 15) is 19.8 Å². The van der Waals surface area contributed by atoms with Crippen LogP contribution in [0.4, 0.5) is 5.13 Å². The molecular weight excluding hydrogens is 532 g/mol. The molecule has 1 fully saturated rings. The lowest BCUT2D eigenvalue weighted by atomic mass is 9.94. The first-order valence-electron chi connectivity index (χ1n) is 12.8. The summed E-state index contributed by atoms with van der Waals surface area (Å²) in [6.07, 6.45) is 0.670. The van der Waals surface area contributed by atoms with Gasteiger partial charge in [0.05, 0.1) is 35.5 Å². The molecule has 204 valence electrons. The number of hydrogen-bond donors (Lipinski definition) is 2. The van der Waals surface area contributed by atoms with Gasteiger partial charge in [-0.15, -0.1) is 0 Å². The number of thiazole rings is 1. The number of anilines is 1. The van der Waals surface area contributed by atoms with Gasteiger partial charge in [-0.25, -0.2) is 4.98 Å². The van der Waals surface area contributed by atoms with Crippen LogP contribution < -0.4 is 19.1 Å². The Balaban J connectivity index is 1.53. The summed E-state index contributed by atoms with van der Waals surface area (Å²) in [5.74, 6) is -0.501. The molecule has 0 bridgehead atoms. The number of fused-ring (bicyclic) bond motifs is 2. The van der Waals surface area contributed by atoms with E-state index in [-0.39, 0.29) is 34.1 Å². The Labute approximate surface area is 233 Å². The van der Waals surface area contributed by atoms with Gasteiger partial charge < -0.3 is 24.4 Å². The molecule has 0 unspecified atom stereocenters. The van der Waals surface area contributed by atoms with Gasteiger partial charge in [0.2, 0.25) is 0 Å². The molecule has 6 rings (SSSR count). The van der Waals surface area contributed by atoms with E-state index in [1.54, 1.807) is 42.5 Å². The third-order valence-corrected chi connectivity index (χ3v) is 8.02. The van der Waals surface area contributed by atoms with Gasteiger partial charge in [-0.1, -0.05) is 17.4 Å². The second kappa shape index (κ2) is 9.87. The molecule has 1 amide bonds. The first-order valence-corrected chi connectivity index (χ1v) is 13.6. The molecule has 9 nitrogen and oxygen atoms in total. The second-order valence-electron chi connectivity index (χ2n) is 9.61. The number of amides is 1.